The quantitative estimate of drug-likeness (QED) is 0.705. The number of carboxylic acids is 1. The Bertz CT molecular complexity index is 373. The number of hydrogen-bond acceptors (Lipinski definition) is 4. The third kappa shape index (κ3) is 3.72. The number of nitrogens with one attached hydrogen (secondary N) is 1. The van der Waals surface area contributed by atoms with Crippen LogP contribution in [-0.2, 0) is 4.79 Å². The lowest BCUT2D eigenvalue weighted by Crippen LogP contribution is -2.25. The van der Waals surface area contributed by atoms with E-state index >= 15 is 0 Å². The fourth-order valence-electron chi connectivity index (χ4n) is 1.21. The topological polar surface area (TPSA) is 92.4 Å². The molecule has 2 N–H and O–H groups in total. The molecule has 1 aromatic heterocycles. The highest BCUT2D eigenvalue weighted by atomic mass is 16.4. The van der Waals surface area contributed by atoms with Gasteiger partial charge in [-0.3, -0.25) is 9.59 Å². The van der Waals surface area contributed by atoms with Crippen molar-refractivity contribution in [2.45, 2.75) is 26.2 Å². The van der Waals surface area contributed by atoms with Crippen LogP contribution >= 0.6 is 0 Å². The van der Waals surface area contributed by atoms with Crippen molar-refractivity contribution in [2.24, 2.45) is 0 Å². The van der Waals surface area contributed by atoms with E-state index in [1.807, 2.05) is 0 Å². The molecule has 1 heterocycles. The number of aliphatic carboxylic acids is 1. The number of amides is 1. The molecule has 0 saturated heterocycles. The van der Waals surface area contributed by atoms with E-state index in [1.54, 1.807) is 6.92 Å². The second kappa shape index (κ2) is 5.89. The molecule has 0 atom stereocenters. The van der Waals surface area contributed by atoms with Gasteiger partial charge >= 0.3 is 5.97 Å². The van der Waals surface area contributed by atoms with Gasteiger partial charge in [-0.05, 0) is 19.8 Å². The maximum atomic E-state index is 11.5. The number of carboxylic acid groups (broad SMARTS) is 1. The average Bonchev–Trinajstić information content (AvgIpc) is 2.63. The predicted molar refractivity (Wildman–Crippen MR) is 55.1 cm³/mol. The van der Waals surface area contributed by atoms with Gasteiger partial charge in [0.1, 0.15) is 5.76 Å². The van der Waals surface area contributed by atoms with Crippen LogP contribution in [0.5, 0.6) is 0 Å². The molecule has 0 radical (unpaired) electrons. The number of aryl methyl sites for hydroxylation is 1. The van der Waals surface area contributed by atoms with Crippen LogP contribution in [0, 0.1) is 6.92 Å². The molecule has 0 unspecified atom stereocenters. The highest BCUT2D eigenvalue weighted by molar-refractivity contribution is 5.92. The summed E-state index contributed by atoms with van der Waals surface area (Å²) < 4.78 is 4.89. The van der Waals surface area contributed by atoms with Crippen molar-refractivity contribution >= 4 is 11.9 Å². The van der Waals surface area contributed by atoms with Crippen LogP contribution in [0.2, 0.25) is 0 Å². The molecule has 1 rings (SSSR count). The lowest BCUT2D eigenvalue weighted by atomic mass is 10.2. The summed E-state index contributed by atoms with van der Waals surface area (Å²) >= 11 is 0. The molecule has 6 nitrogen and oxygen atoms in total. The second-order valence-electron chi connectivity index (χ2n) is 3.36. The molecule has 1 aromatic rings. The number of unbranched alkanes of at least 4 members (excludes halogenated alkanes) is 1. The summed E-state index contributed by atoms with van der Waals surface area (Å²) in [5.74, 6) is -0.636. The zero-order valence-corrected chi connectivity index (χ0v) is 9.02. The van der Waals surface area contributed by atoms with Gasteiger partial charge in [-0.25, -0.2) is 4.98 Å². The highest BCUT2D eigenvalue weighted by Crippen LogP contribution is 2.03. The van der Waals surface area contributed by atoms with E-state index in [1.165, 1.54) is 6.39 Å². The van der Waals surface area contributed by atoms with E-state index in [4.69, 9.17) is 9.52 Å². The molecule has 6 heteroatoms. The second-order valence-corrected chi connectivity index (χ2v) is 3.36. The first kappa shape index (κ1) is 12.2. The Labute approximate surface area is 92.7 Å². The number of hydrogen-bond donors (Lipinski definition) is 2. The fraction of sp³-hybridized carbons (Fsp3) is 0.500. The van der Waals surface area contributed by atoms with Crippen molar-refractivity contribution in [1.82, 2.24) is 10.3 Å². The van der Waals surface area contributed by atoms with E-state index in [-0.39, 0.29) is 18.0 Å². The van der Waals surface area contributed by atoms with E-state index in [0.29, 0.717) is 25.1 Å². The maximum absolute atomic E-state index is 11.5. The van der Waals surface area contributed by atoms with Gasteiger partial charge < -0.3 is 14.8 Å². The van der Waals surface area contributed by atoms with Gasteiger partial charge in [-0.15, -0.1) is 0 Å². The Morgan fingerprint density at radius 3 is 2.81 bits per heavy atom. The van der Waals surface area contributed by atoms with Crippen LogP contribution < -0.4 is 5.32 Å². The van der Waals surface area contributed by atoms with Crippen molar-refractivity contribution in [1.29, 1.82) is 0 Å². The first-order valence-corrected chi connectivity index (χ1v) is 5.01. The van der Waals surface area contributed by atoms with Crippen LogP contribution in [0.1, 0.15) is 35.5 Å². The van der Waals surface area contributed by atoms with E-state index in [2.05, 4.69) is 10.3 Å². The number of oxazole rings is 1. The third-order valence-electron chi connectivity index (χ3n) is 2.06. The molecule has 0 aliphatic heterocycles. The van der Waals surface area contributed by atoms with Crippen molar-refractivity contribution < 1.29 is 19.1 Å². The van der Waals surface area contributed by atoms with Gasteiger partial charge in [0, 0.05) is 13.0 Å². The SMILES string of the molecule is Cc1ocnc1C(=O)NCCCCC(=O)O. The zero-order valence-electron chi connectivity index (χ0n) is 9.02. The first-order chi connectivity index (χ1) is 7.61. The number of nitrogens with zero attached hydrogens (tertiary/aromatic N) is 1. The Morgan fingerprint density at radius 2 is 2.25 bits per heavy atom. The largest absolute Gasteiger partial charge is 0.481 e. The van der Waals surface area contributed by atoms with E-state index in [0.717, 1.165) is 0 Å². The van der Waals surface area contributed by atoms with Crippen LogP contribution in [-0.4, -0.2) is 28.5 Å². The fourth-order valence-corrected chi connectivity index (χ4v) is 1.21. The van der Waals surface area contributed by atoms with E-state index in [9.17, 15) is 9.59 Å². The van der Waals surface area contributed by atoms with Gasteiger partial charge in [-0.2, -0.15) is 0 Å². The minimum Gasteiger partial charge on any atom is -0.481 e. The maximum Gasteiger partial charge on any atom is 0.303 e. The number of rotatable bonds is 6. The number of carbonyl (C=O) groups excluding carboxylic acids is 1. The monoisotopic (exact) mass is 226 g/mol. The molecule has 1 amide bonds. The Morgan fingerprint density at radius 1 is 1.50 bits per heavy atom. The lowest BCUT2D eigenvalue weighted by Gasteiger charge is -2.02. The molecular weight excluding hydrogens is 212 g/mol. The Hall–Kier alpha value is -1.85. The molecule has 0 spiro atoms. The zero-order chi connectivity index (χ0) is 12.0. The minimum atomic E-state index is -0.821. The summed E-state index contributed by atoms with van der Waals surface area (Å²) in [7, 11) is 0. The highest BCUT2D eigenvalue weighted by Gasteiger charge is 2.12. The predicted octanol–water partition coefficient (Wildman–Crippen LogP) is 0.968. The summed E-state index contributed by atoms with van der Waals surface area (Å²) in [4.78, 5) is 25.5. The molecule has 0 aromatic carbocycles. The van der Waals surface area contributed by atoms with Crippen molar-refractivity contribution in [3.05, 3.63) is 17.8 Å². The minimum absolute atomic E-state index is 0.124. The lowest BCUT2D eigenvalue weighted by molar-refractivity contribution is -0.137. The van der Waals surface area contributed by atoms with Gasteiger partial charge in [-0.1, -0.05) is 0 Å². The molecule has 88 valence electrons. The molecular formula is C10H14N2O4. The van der Waals surface area contributed by atoms with Crippen LogP contribution in [0.3, 0.4) is 0 Å². The average molecular weight is 226 g/mol. The normalized spacial score (nSPS) is 10.1. The van der Waals surface area contributed by atoms with Crippen molar-refractivity contribution in [3.8, 4) is 0 Å². The van der Waals surface area contributed by atoms with Crippen LogP contribution in [0.4, 0.5) is 0 Å². The van der Waals surface area contributed by atoms with E-state index < -0.39 is 5.97 Å². The Balaban J connectivity index is 2.21. The van der Waals surface area contributed by atoms with Gasteiger partial charge in [0.05, 0.1) is 0 Å². The molecule has 0 aliphatic rings. The first-order valence-electron chi connectivity index (χ1n) is 5.01. The summed E-state index contributed by atoms with van der Waals surface area (Å²) in [6.45, 7) is 2.10. The van der Waals surface area contributed by atoms with Crippen molar-refractivity contribution in [2.75, 3.05) is 6.54 Å². The third-order valence-corrected chi connectivity index (χ3v) is 2.06. The molecule has 0 fully saturated rings. The van der Waals surface area contributed by atoms with Crippen LogP contribution in [0.15, 0.2) is 10.8 Å². The summed E-state index contributed by atoms with van der Waals surface area (Å²) in [5.41, 5.74) is 0.276. The summed E-state index contributed by atoms with van der Waals surface area (Å²) in [6.07, 6.45) is 2.52. The summed E-state index contributed by atoms with van der Waals surface area (Å²) in [6, 6.07) is 0. The molecule has 16 heavy (non-hydrogen) atoms. The van der Waals surface area contributed by atoms with Gasteiger partial charge in [0.15, 0.2) is 12.1 Å². The standard InChI is InChI=1S/C10H14N2O4/c1-7-9(12-6-16-7)10(15)11-5-3-2-4-8(13)14/h6H,2-5H2,1H3,(H,11,15)(H,13,14). The molecule has 0 saturated carbocycles. The van der Waals surface area contributed by atoms with Gasteiger partial charge in [0.2, 0.25) is 0 Å². The molecule has 0 bridgehead atoms. The van der Waals surface area contributed by atoms with Crippen LogP contribution in [0.25, 0.3) is 0 Å². The Kier molecular flexibility index (Phi) is 4.50. The van der Waals surface area contributed by atoms with Gasteiger partial charge in [0.25, 0.3) is 5.91 Å². The smallest absolute Gasteiger partial charge is 0.303 e. The molecule has 0 aliphatic carbocycles. The van der Waals surface area contributed by atoms with Crippen molar-refractivity contribution in [3.63, 3.8) is 0 Å². The summed E-state index contributed by atoms with van der Waals surface area (Å²) in [5, 5.41) is 11.0. The number of aromatic nitrogens is 1. The number of carbonyl (C=O) groups is 2.